The summed E-state index contributed by atoms with van der Waals surface area (Å²) < 4.78 is 1.86. The van der Waals surface area contributed by atoms with E-state index >= 15 is 0 Å². The van der Waals surface area contributed by atoms with Gasteiger partial charge < -0.3 is 20.2 Å². The van der Waals surface area contributed by atoms with Crippen LogP contribution in [-0.2, 0) is 22.6 Å². The molecule has 3 heterocycles. The Bertz CT molecular complexity index is 1480. The zero-order valence-corrected chi connectivity index (χ0v) is 27.3. The van der Waals surface area contributed by atoms with Crippen molar-refractivity contribution in [2.45, 2.75) is 116 Å². The molecule has 45 heavy (non-hydrogen) atoms. The molecule has 1 aliphatic heterocycles. The Labute approximate surface area is 268 Å². The van der Waals surface area contributed by atoms with Crippen LogP contribution in [0.15, 0.2) is 41.5 Å². The Kier molecular flexibility index (Phi) is 11.7. The summed E-state index contributed by atoms with van der Waals surface area (Å²) in [4.78, 5) is 46.7. The van der Waals surface area contributed by atoms with Gasteiger partial charge in [0, 0.05) is 48.9 Å². The summed E-state index contributed by atoms with van der Waals surface area (Å²) in [6, 6.07) is 8.10. The number of aryl methyl sites for hydroxylation is 2. The van der Waals surface area contributed by atoms with Crippen LogP contribution in [0, 0.1) is 11.3 Å². The number of carbonyl (C=O) groups excluding carboxylic acids is 2. The van der Waals surface area contributed by atoms with Crippen molar-refractivity contribution < 1.29 is 9.59 Å². The van der Waals surface area contributed by atoms with E-state index in [2.05, 4.69) is 27.0 Å². The number of benzene rings is 1. The molecule has 1 aliphatic carbocycles. The summed E-state index contributed by atoms with van der Waals surface area (Å²) in [7, 11) is 0. The Morgan fingerprint density at radius 1 is 0.956 bits per heavy atom. The fraction of sp³-hybridized carbons (Fsp3) is 0.622. The van der Waals surface area contributed by atoms with E-state index in [4.69, 9.17) is 5.73 Å². The number of fused-ring (bicyclic) bond motifs is 1. The highest BCUT2D eigenvalue weighted by molar-refractivity contribution is 5.86. The van der Waals surface area contributed by atoms with Gasteiger partial charge in [0.15, 0.2) is 0 Å². The van der Waals surface area contributed by atoms with Crippen molar-refractivity contribution in [3.05, 3.63) is 52.8 Å². The van der Waals surface area contributed by atoms with Crippen molar-refractivity contribution in [3.8, 4) is 11.3 Å². The van der Waals surface area contributed by atoms with Gasteiger partial charge in [-0.15, -0.1) is 0 Å². The number of pyridine rings is 1. The van der Waals surface area contributed by atoms with E-state index in [0.717, 1.165) is 118 Å². The molecular weight excluding hydrogens is 562 g/mol. The number of nitrogens with zero attached hydrogens (tertiary/aromatic N) is 3. The van der Waals surface area contributed by atoms with Crippen LogP contribution in [0.25, 0.3) is 22.0 Å². The number of piperidine rings is 1. The number of unbranched alkanes of at least 4 members (excludes halogenated alkanes) is 8. The second-order valence-electron chi connectivity index (χ2n) is 13.7. The molecule has 1 spiro atoms. The fourth-order valence-corrected chi connectivity index (χ4v) is 7.26. The van der Waals surface area contributed by atoms with Crippen molar-refractivity contribution >= 4 is 22.5 Å². The Balaban J connectivity index is 0.974. The lowest BCUT2D eigenvalue weighted by Crippen LogP contribution is -2.36. The van der Waals surface area contributed by atoms with Crippen LogP contribution >= 0.6 is 0 Å². The van der Waals surface area contributed by atoms with E-state index in [9.17, 15) is 14.4 Å². The number of H-pyrrole nitrogens is 1. The van der Waals surface area contributed by atoms with Gasteiger partial charge in [-0.2, -0.15) is 0 Å². The normalized spacial score (nSPS) is 17.7. The second-order valence-corrected chi connectivity index (χ2v) is 13.7. The molecule has 0 unspecified atom stereocenters. The summed E-state index contributed by atoms with van der Waals surface area (Å²) in [5.41, 5.74) is 7.88. The number of rotatable bonds is 19. The van der Waals surface area contributed by atoms with Gasteiger partial charge in [0.25, 0.3) is 5.56 Å². The number of likely N-dealkylation sites (tertiary alicyclic amines) is 1. The first-order valence-corrected chi connectivity index (χ1v) is 17.6. The van der Waals surface area contributed by atoms with E-state index in [1.165, 1.54) is 25.7 Å². The first-order valence-electron chi connectivity index (χ1n) is 17.6. The molecule has 0 radical (unpaired) electrons. The van der Waals surface area contributed by atoms with Crippen molar-refractivity contribution in [2.75, 3.05) is 19.6 Å². The number of ketones is 1. The van der Waals surface area contributed by atoms with Gasteiger partial charge in [-0.3, -0.25) is 14.4 Å². The Morgan fingerprint density at radius 3 is 2.40 bits per heavy atom. The third kappa shape index (κ3) is 8.93. The largest absolute Gasteiger partial charge is 0.369 e. The molecule has 2 aromatic heterocycles. The average molecular weight is 616 g/mol. The third-order valence-electron chi connectivity index (χ3n) is 10.4. The van der Waals surface area contributed by atoms with E-state index in [1.54, 1.807) is 0 Å². The van der Waals surface area contributed by atoms with Gasteiger partial charge in [-0.05, 0) is 93.6 Å². The number of hydrogen-bond acceptors (Lipinski definition) is 5. The van der Waals surface area contributed by atoms with Gasteiger partial charge in [-0.1, -0.05) is 51.5 Å². The number of imidazole rings is 1. The number of nitrogens with two attached hydrogens (primary N) is 1. The maximum absolute atomic E-state index is 13.2. The zero-order valence-electron chi connectivity index (χ0n) is 27.3. The van der Waals surface area contributed by atoms with E-state index < -0.39 is 0 Å². The van der Waals surface area contributed by atoms with Gasteiger partial charge >= 0.3 is 0 Å². The van der Waals surface area contributed by atoms with Crippen LogP contribution in [0.4, 0.5) is 0 Å². The van der Waals surface area contributed by atoms with Gasteiger partial charge in [-0.25, -0.2) is 4.98 Å². The quantitative estimate of drug-likeness (QED) is 0.144. The Morgan fingerprint density at radius 2 is 1.67 bits per heavy atom. The monoisotopic (exact) mass is 615 g/mol. The summed E-state index contributed by atoms with van der Waals surface area (Å²) in [6.07, 6.45) is 20.7. The number of hydrogen-bond donors (Lipinski definition) is 2. The minimum Gasteiger partial charge on any atom is -0.369 e. The lowest BCUT2D eigenvalue weighted by molar-refractivity contribution is -0.120. The molecule has 8 nitrogen and oxygen atoms in total. The third-order valence-corrected chi connectivity index (χ3v) is 10.4. The predicted octanol–water partition coefficient (Wildman–Crippen LogP) is 6.79. The highest BCUT2D eigenvalue weighted by Gasteiger charge is 2.57. The molecule has 1 amide bonds. The van der Waals surface area contributed by atoms with Crippen LogP contribution in [0.3, 0.4) is 0 Å². The second kappa shape index (κ2) is 15.8. The van der Waals surface area contributed by atoms with Gasteiger partial charge in [0.05, 0.1) is 11.9 Å². The molecule has 1 saturated carbocycles. The van der Waals surface area contributed by atoms with Crippen LogP contribution in [0.2, 0.25) is 0 Å². The van der Waals surface area contributed by atoms with Gasteiger partial charge in [0.1, 0.15) is 11.6 Å². The topological polar surface area (TPSA) is 114 Å². The van der Waals surface area contributed by atoms with E-state index in [-0.39, 0.29) is 22.8 Å². The number of primary amides is 1. The number of carbonyl (C=O) groups is 2. The van der Waals surface area contributed by atoms with Crippen molar-refractivity contribution in [1.82, 2.24) is 19.4 Å². The minimum absolute atomic E-state index is 0.0849. The molecule has 3 aromatic rings. The summed E-state index contributed by atoms with van der Waals surface area (Å²) in [5, 5.41) is 1.72. The van der Waals surface area contributed by atoms with Crippen LogP contribution < -0.4 is 11.3 Å². The molecule has 1 saturated heterocycles. The molecule has 1 atom stereocenters. The number of nitrogens with one attached hydrogen (secondary N) is 1. The number of aromatic nitrogens is 3. The molecule has 1 aromatic carbocycles. The maximum atomic E-state index is 13.2. The molecule has 244 valence electrons. The molecule has 3 N–H and O–H groups in total. The zero-order chi connectivity index (χ0) is 31.6. The lowest BCUT2D eigenvalue weighted by atomic mass is 9.90. The lowest BCUT2D eigenvalue weighted by Gasteiger charge is -2.32. The molecule has 5 rings (SSSR count). The summed E-state index contributed by atoms with van der Waals surface area (Å²) in [6.45, 7) is 6.08. The first-order chi connectivity index (χ1) is 21.9. The number of amides is 1. The predicted molar refractivity (Wildman–Crippen MR) is 181 cm³/mol. The number of Topliss-reactive ketones (excluding diaryl/α,β-unsaturated/α-hetero) is 1. The van der Waals surface area contributed by atoms with Crippen LogP contribution in [0.1, 0.15) is 109 Å². The first kappa shape index (κ1) is 33.1. The van der Waals surface area contributed by atoms with Crippen LogP contribution in [-0.4, -0.2) is 50.8 Å². The van der Waals surface area contributed by atoms with Crippen LogP contribution in [0.5, 0.6) is 0 Å². The number of aromatic amines is 1. The summed E-state index contributed by atoms with van der Waals surface area (Å²) >= 11 is 0. The molecule has 2 fully saturated rings. The summed E-state index contributed by atoms with van der Waals surface area (Å²) in [5.74, 6) is 1.39. The van der Waals surface area contributed by atoms with Crippen molar-refractivity contribution in [2.24, 2.45) is 17.1 Å². The fourth-order valence-electron chi connectivity index (χ4n) is 7.26. The average Bonchev–Trinajstić information content (AvgIpc) is 3.55. The SMILES string of the molecule is CCC(=O)CCCCCCc1ncc(-c2ccc3c(=O)n(CCCCCCCCN4CCC5(CC4)C[C@@H]5C(N)=O)ccc3c2)[nH]1. The van der Waals surface area contributed by atoms with Gasteiger partial charge in [0.2, 0.25) is 5.91 Å². The Hall–Kier alpha value is -3.26. The van der Waals surface area contributed by atoms with Crippen molar-refractivity contribution in [1.29, 1.82) is 0 Å². The maximum Gasteiger partial charge on any atom is 0.258 e. The molecular formula is C37H53N5O3. The molecule has 2 aliphatic rings. The minimum atomic E-state index is -0.0973. The van der Waals surface area contributed by atoms with Crippen molar-refractivity contribution in [3.63, 3.8) is 0 Å². The highest BCUT2D eigenvalue weighted by Crippen LogP contribution is 2.59. The van der Waals surface area contributed by atoms with E-state index in [0.29, 0.717) is 18.6 Å². The molecule has 0 bridgehead atoms. The molecule has 8 heteroatoms. The van der Waals surface area contributed by atoms with E-state index in [1.807, 2.05) is 36.0 Å². The highest BCUT2D eigenvalue weighted by atomic mass is 16.1. The standard InChI is InChI=1S/C37H53N5O3/c1-2-30(43)13-9-5-6-10-14-34-39-27-33(40-34)29-15-16-31-28(25-29)17-22-42(36(31)45)21-12-8-4-3-7-11-20-41-23-18-37(19-24-41)26-32(37)35(38)44/h15-17,22,25,27,32H,2-14,18-21,23-24,26H2,1H3,(H2,38,44)(H,39,40)/t32-/m1/s1. The smallest absolute Gasteiger partial charge is 0.258 e.